The zero-order chi connectivity index (χ0) is 25.4. The lowest BCUT2D eigenvalue weighted by molar-refractivity contribution is -0.114. The number of nitrogens with one attached hydrogen (secondary N) is 2. The fourth-order valence-electron chi connectivity index (χ4n) is 4.93. The molecule has 0 spiro atoms. The van der Waals surface area contributed by atoms with Crippen molar-refractivity contribution in [3.63, 3.8) is 0 Å². The van der Waals surface area contributed by atoms with Crippen LogP contribution in [-0.4, -0.2) is 20.6 Å². The van der Waals surface area contributed by atoms with Crippen molar-refractivity contribution in [2.75, 3.05) is 10.2 Å². The molecule has 4 aromatic rings. The predicted molar refractivity (Wildman–Crippen MR) is 144 cm³/mol. The summed E-state index contributed by atoms with van der Waals surface area (Å²) in [5.41, 5.74) is 6.56. The van der Waals surface area contributed by atoms with Gasteiger partial charge in [-0.3, -0.25) is 9.78 Å². The zero-order valence-corrected chi connectivity index (χ0v) is 21.0. The van der Waals surface area contributed by atoms with Gasteiger partial charge in [-0.1, -0.05) is 6.07 Å². The van der Waals surface area contributed by atoms with Gasteiger partial charge < -0.3 is 20.1 Å². The molecule has 2 atom stereocenters. The molecule has 36 heavy (non-hydrogen) atoms. The van der Waals surface area contributed by atoms with Gasteiger partial charge in [0.25, 0.3) is 0 Å². The summed E-state index contributed by atoms with van der Waals surface area (Å²) in [5.74, 6) is -0.390. The van der Waals surface area contributed by atoms with Crippen molar-refractivity contribution in [3.8, 4) is 5.69 Å². The van der Waals surface area contributed by atoms with Crippen LogP contribution in [0.4, 0.5) is 15.8 Å². The number of halogens is 1. The number of thiocarbonyl (C=S) groups is 1. The minimum atomic E-state index is -0.268. The summed E-state index contributed by atoms with van der Waals surface area (Å²) in [6, 6.07) is 21.8. The highest BCUT2D eigenvalue weighted by Gasteiger charge is 2.42. The van der Waals surface area contributed by atoms with E-state index in [0.717, 1.165) is 39.7 Å². The molecule has 3 heterocycles. The Labute approximate surface area is 214 Å². The van der Waals surface area contributed by atoms with Crippen LogP contribution in [0.15, 0.2) is 79.0 Å². The lowest BCUT2D eigenvalue weighted by Crippen LogP contribution is -2.29. The maximum absolute atomic E-state index is 13.6. The van der Waals surface area contributed by atoms with Crippen LogP contribution < -0.4 is 15.5 Å². The minimum absolute atomic E-state index is 0.123. The Morgan fingerprint density at radius 1 is 1.03 bits per heavy atom. The molecular formula is C28H26FN5OS. The van der Waals surface area contributed by atoms with Crippen LogP contribution in [0.5, 0.6) is 0 Å². The van der Waals surface area contributed by atoms with Crippen LogP contribution in [0.2, 0.25) is 0 Å². The van der Waals surface area contributed by atoms with E-state index in [9.17, 15) is 9.18 Å². The van der Waals surface area contributed by atoms with Crippen molar-refractivity contribution in [2.45, 2.75) is 32.9 Å². The Balaban J connectivity index is 1.62. The highest BCUT2D eigenvalue weighted by molar-refractivity contribution is 7.80. The van der Waals surface area contributed by atoms with E-state index in [1.54, 1.807) is 18.3 Å². The smallest absolute Gasteiger partial charge is 0.221 e. The van der Waals surface area contributed by atoms with Crippen molar-refractivity contribution in [1.82, 2.24) is 14.9 Å². The van der Waals surface area contributed by atoms with Crippen molar-refractivity contribution >= 4 is 34.6 Å². The first-order valence-corrected chi connectivity index (χ1v) is 12.1. The predicted octanol–water partition coefficient (Wildman–Crippen LogP) is 5.76. The van der Waals surface area contributed by atoms with Gasteiger partial charge in [0.15, 0.2) is 5.11 Å². The molecule has 2 N–H and O–H groups in total. The molecule has 1 fully saturated rings. The van der Waals surface area contributed by atoms with Crippen LogP contribution in [0.1, 0.15) is 41.7 Å². The third-order valence-corrected chi connectivity index (χ3v) is 6.75. The molecule has 182 valence electrons. The van der Waals surface area contributed by atoms with Gasteiger partial charge in [-0.05, 0) is 98.4 Å². The van der Waals surface area contributed by atoms with Crippen LogP contribution >= 0.6 is 12.2 Å². The zero-order valence-electron chi connectivity index (χ0n) is 20.2. The summed E-state index contributed by atoms with van der Waals surface area (Å²) >= 11 is 5.84. The van der Waals surface area contributed by atoms with Crippen LogP contribution in [0, 0.1) is 19.7 Å². The summed E-state index contributed by atoms with van der Waals surface area (Å²) < 4.78 is 15.7. The van der Waals surface area contributed by atoms with E-state index < -0.39 is 0 Å². The number of carbonyl (C=O) groups is 1. The van der Waals surface area contributed by atoms with Gasteiger partial charge in [0.05, 0.1) is 17.8 Å². The minimum Gasteiger partial charge on any atom is -0.351 e. The molecule has 0 saturated carbocycles. The number of aromatic nitrogens is 2. The van der Waals surface area contributed by atoms with Crippen LogP contribution in [0.25, 0.3) is 5.69 Å². The van der Waals surface area contributed by atoms with Crippen LogP contribution in [0.3, 0.4) is 0 Å². The number of amides is 1. The summed E-state index contributed by atoms with van der Waals surface area (Å²) in [7, 11) is 0. The van der Waals surface area contributed by atoms with E-state index in [1.807, 2.05) is 49.4 Å². The van der Waals surface area contributed by atoms with E-state index in [4.69, 9.17) is 12.2 Å². The first-order valence-electron chi connectivity index (χ1n) is 11.7. The maximum Gasteiger partial charge on any atom is 0.221 e. The summed E-state index contributed by atoms with van der Waals surface area (Å²) in [6.07, 6.45) is 1.78. The number of rotatable bonds is 5. The molecule has 0 bridgehead atoms. The normalized spacial score (nSPS) is 17.2. The third-order valence-electron chi connectivity index (χ3n) is 6.44. The molecule has 6 nitrogen and oxygen atoms in total. The van der Waals surface area contributed by atoms with E-state index >= 15 is 0 Å². The number of benzene rings is 2. The lowest BCUT2D eigenvalue weighted by Gasteiger charge is -2.28. The summed E-state index contributed by atoms with van der Waals surface area (Å²) in [6.45, 7) is 5.60. The lowest BCUT2D eigenvalue weighted by atomic mass is 9.96. The molecule has 0 unspecified atom stereocenters. The molecule has 1 aliphatic heterocycles. The van der Waals surface area contributed by atoms with Crippen molar-refractivity contribution < 1.29 is 9.18 Å². The second-order valence-corrected chi connectivity index (χ2v) is 9.25. The van der Waals surface area contributed by atoms with Gasteiger partial charge in [-0.15, -0.1) is 0 Å². The molecule has 2 aromatic carbocycles. The average molecular weight is 500 g/mol. The average Bonchev–Trinajstić information content (AvgIpc) is 3.35. The molecule has 0 aliphatic carbocycles. The molecule has 8 heteroatoms. The Kier molecular flexibility index (Phi) is 6.28. The number of aryl methyl sites for hydroxylation is 1. The second kappa shape index (κ2) is 9.54. The van der Waals surface area contributed by atoms with Gasteiger partial charge >= 0.3 is 0 Å². The number of hydrogen-bond donors (Lipinski definition) is 2. The molecule has 1 aliphatic rings. The molecule has 1 amide bonds. The Hall–Kier alpha value is -4.04. The van der Waals surface area contributed by atoms with Crippen molar-refractivity contribution in [2.24, 2.45) is 0 Å². The highest BCUT2D eigenvalue weighted by Crippen LogP contribution is 2.43. The van der Waals surface area contributed by atoms with E-state index in [1.165, 1.54) is 19.1 Å². The number of hydrogen-bond acceptors (Lipinski definition) is 3. The van der Waals surface area contributed by atoms with Gasteiger partial charge in [-0.2, -0.15) is 0 Å². The number of anilines is 2. The second-order valence-electron chi connectivity index (χ2n) is 8.86. The third kappa shape index (κ3) is 4.35. The van der Waals surface area contributed by atoms with Gasteiger partial charge in [-0.25, -0.2) is 4.39 Å². The Bertz CT molecular complexity index is 1420. The molecule has 5 rings (SSSR count). The van der Waals surface area contributed by atoms with Crippen LogP contribution in [-0.2, 0) is 4.79 Å². The summed E-state index contributed by atoms with van der Waals surface area (Å²) in [4.78, 5) is 18.2. The SMILES string of the molecule is CC(=O)Nc1ccc(N2C(=S)N[C@H](c3ccccn3)[C@H]2c2cc(C)n(-c3ccc(F)cc3)c2C)cc1. The fourth-order valence-corrected chi connectivity index (χ4v) is 5.28. The van der Waals surface area contributed by atoms with E-state index in [0.29, 0.717) is 5.11 Å². The Morgan fingerprint density at radius 3 is 2.36 bits per heavy atom. The largest absolute Gasteiger partial charge is 0.351 e. The van der Waals surface area contributed by atoms with Crippen molar-refractivity contribution in [1.29, 1.82) is 0 Å². The van der Waals surface area contributed by atoms with Gasteiger partial charge in [0.2, 0.25) is 5.91 Å². The fraction of sp³-hybridized carbons (Fsp3) is 0.179. The first kappa shape index (κ1) is 23.7. The van der Waals surface area contributed by atoms with E-state index in [-0.39, 0.29) is 23.8 Å². The topological polar surface area (TPSA) is 62.2 Å². The monoisotopic (exact) mass is 499 g/mol. The standard InChI is InChI=1S/C28H26FN5OS/c1-17-16-24(18(2)33(17)22-11-7-20(29)8-12-22)27-26(25-6-4-5-15-30-25)32-28(36)34(27)23-13-9-21(10-14-23)31-19(3)35/h4-16,26-27H,1-3H3,(H,31,35)(H,32,36)/t26-,27-/m1/s1. The molecule has 0 radical (unpaired) electrons. The summed E-state index contributed by atoms with van der Waals surface area (Å²) in [5, 5.41) is 6.88. The number of carbonyl (C=O) groups excluding carboxylic acids is 1. The molecule has 1 saturated heterocycles. The number of pyridine rings is 1. The quantitative estimate of drug-likeness (QED) is 0.342. The highest BCUT2D eigenvalue weighted by atomic mass is 32.1. The van der Waals surface area contributed by atoms with Gasteiger partial charge in [0.1, 0.15) is 5.82 Å². The molecular weight excluding hydrogens is 473 g/mol. The maximum atomic E-state index is 13.6. The van der Waals surface area contributed by atoms with E-state index in [2.05, 4.69) is 38.1 Å². The first-order chi connectivity index (χ1) is 17.3. The number of nitrogens with zero attached hydrogens (tertiary/aromatic N) is 3. The van der Waals surface area contributed by atoms with Gasteiger partial charge in [0, 0.05) is 41.6 Å². The molecule has 2 aromatic heterocycles. The Morgan fingerprint density at radius 2 is 1.72 bits per heavy atom. The van der Waals surface area contributed by atoms with Crippen molar-refractivity contribution in [3.05, 3.63) is 107 Å².